The van der Waals surface area contributed by atoms with Gasteiger partial charge in [0.25, 0.3) is 0 Å². The van der Waals surface area contributed by atoms with Crippen molar-refractivity contribution in [3.05, 3.63) is 24.3 Å². The molecule has 5 nitrogen and oxygen atoms in total. The molecule has 1 amide bonds. The topological polar surface area (TPSA) is 59.6 Å². The van der Waals surface area contributed by atoms with Gasteiger partial charge in [0, 0.05) is 19.0 Å². The Morgan fingerprint density at radius 2 is 2.09 bits per heavy atom. The fraction of sp³-hybridized carbons (Fsp3) is 0.588. The second kappa shape index (κ2) is 9.30. The number of rotatable bonds is 9. The summed E-state index contributed by atoms with van der Waals surface area (Å²) in [6.45, 7) is 4.86. The zero-order valence-corrected chi connectivity index (χ0v) is 13.3. The van der Waals surface area contributed by atoms with Gasteiger partial charge < -0.3 is 20.1 Å². The van der Waals surface area contributed by atoms with E-state index in [1.54, 1.807) is 0 Å². The summed E-state index contributed by atoms with van der Waals surface area (Å²) in [7, 11) is 0. The fourth-order valence-electron chi connectivity index (χ4n) is 2.52. The lowest BCUT2D eigenvalue weighted by molar-refractivity contribution is -0.121. The Kier molecular flexibility index (Phi) is 7.03. The first-order valence-electron chi connectivity index (χ1n) is 8.14. The molecule has 1 unspecified atom stereocenters. The van der Waals surface area contributed by atoms with Crippen molar-refractivity contribution in [1.29, 1.82) is 0 Å². The molecule has 1 atom stereocenters. The summed E-state index contributed by atoms with van der Waals surface area (Å²) in [5.41, 5.74) is 0. The molecule has 0 bridgehead atoms. The van der Waals surface area contributed by atoms with Gasteiger partial charge in [-0.2, -0.15) is 0 Å². The van der Waals surface area contributed by atoms with Crippen LogP contribution in [0.5, 0.6) is 11.5 Å². The molecule has 5 heteroatoms. The Labute approximate surface area is 132 Å². The van der Waals surface area contributed by atoms with Gasteiger partial charge in [-0.3, -0.25) is 4.79 Å². The highest BCUT2D eigenvalue weighted by atomic mass is 16.5. The maximum atomic E-state index is 11.8. The van der Waals surface area contributed by atoms with E-state index in [0.29, 0.717) is 32.1 Å². The number of hydrogen-bond donors (Lipinski definition) is 2. The molecule has 0 radical (unpaired) electrons. The predicted molar refractivity (Wildman–Crippen MR) is 86.4 cm³/mol. The molecule has 122 valence electrons. The normalized spacial score (nSPS) is 17.2. The highest BCUT2D eigenvalue weighted by Gasteiger charge is 2.14. The van der Waals surface area contributed by atoms with Gasteiger partial charge in [-0.25, -0.2) is 0 Å². The molecule has 1 heterocycles. The predicted octanol–water partition coefficient (Wildman–Crippen LogP) is 2.11. The van der Waals surface area contributed by atoms with Crippen molar-refractivity contribution in [2.45, 2.75) is 38.6 Å². The minimum absolute atomic E-state index is 0.0930. The van der Waals surface area contributed by atoms with Gasteiger partial charge in [-0.15, -0.1) is 0 Å². The number of para-hydroxylation sites is 2. The average molecular weight is 306 g/mol. The van der Waals surface area contributed by atoms with Crippen LogP contribution in [0.25, 0.3) is 0 Å². The van der Waals surface area contributed by atoms with Crippen molar-refractivity contribution in [2.24, 2.45) is 0 Å². The van der Waals surface area contributed by atoms with Crippen LogP contribution in [0.3, 0.4) is 0 Å². The third-order valence-corrected chi connectivity index (χ3v) is 3.66. The van der Waals surface area contributed by atoms with E-state index in [2.05, 4.69) is 10.6 Å². The van der Waals surface area contributed by atoms with Crippen molar-refractivity contribution in [3.63, 3.8) is 0 Å². The van der Waals surface area contributed by atoms with E-state index in [0.717, 1.165) is 31.0 Å². The van der Waals surface area contributed by atoms with E-state index in [-0.39, 0.29) is 5.91 Å². The summed E-state index contributed by atoms with van der Waals surface area (Å²) < 4.78 is 11.2. The molecule has 0 aliphatic carbocycles. The second-order valence-electron chi connectivity index (χ2n) is 5.43. The monoisotopic (exact) mass is 306 g/mol. The molecule has 1 saturated heterocycles. The minimum Gasteiger partial charge on any atom is -0.490 e. The van der Waals surface area contributed by atoms with Crippen molar-refractivity contribution in [2.75, 3.05) is 26.3 Å². The summed E-state index contributed by atoms with van der Waals surface area (Å²) in [6, 6.07) is 8.05. The molecule has 2 N–H and O–H groups in total. The molecular formula is C17H26N2O3. The summed E-state index contributed by atoms with van der Waals surface area (Å²) >= 11 is 0. The van der Waals surface area contributed by atoms with Crippen molar-refractivity contribution < 1.29 is 14.3 Å². The van der Waals surface area contributed by atoms with Gasteiger partial charge in [0.05, 0.1) is 13.2 Å². The van der Waals surface area contributed by atoms with Crippen LogP contribution in [0, 0.1) is 0 Å². The molecule has 0 spiro atoms. The smallest absolute Gasteiger partial charge is 0.220 e. The van der Waals surface area contributed by atoms with Crippen LogP contribution < -0.4 is 20.1 Å². The minimum atomic E-state index is 0.0930. The first-order valence-corrected chi connectivity index (χ1v) is 8.14. The summed E-state index contributed by atoms with van der Waals surface area (Å²) in [6.07, 6.45) is 3.54. The number of hydrogen-bond acceptors (Lipinski definition) is 4. The van der Waals surface area contributed by atoms with Gasteiger partial charge in [0.1, 0.15) is 0 Å². The van der Waals surface area contributed by atoms with E-state index >= 15 is 0 Å². The van der Waals surface area contributed by atoms with E-state index in [1.165, 1.54) is 6.42 Å². The number of carbonyl (C=O) groups excluding carboxylic acids is 1. The summed E-state index contributed by atoms with van der Waals surface area (Å²) in [5.74, 6) is 1.58. The first kappa shape index (κ1) is 16.6. The van der Waals surface area contributed by atoms with Crippen molar-refractivity contribution in [1.82, 2.24) is 10.6 Å². The quantitative estimate of drug-likeness (QED) is 0.686. The number of benzene rings is 1. The van der Waals surface area contributed by atoms with Gasteiger partial charge in [-0.1, -0.05) is 12.1 Å². The Bertz CT molecular complexity index is 459. The van der Waals surface area contributed by atoms with Crippen LogP contribution in [0.1, 0.15) is 32.6 Å². The van der Waals surface area contributed by atoms with E-state index in [1.807, 2.05) is 31.2 Å². The zero-order chi connectivity index (χ0) is 15.6. The van der Waals surface area contributed by atoms with Crippen LogP contribution in [-0.4, -0.2) is 38.3 Å². The van der Waals surface area contributed by atoms with E-state index in [4.69, 9.17) is 9.47 Å². The Morgan fingerprint density at radius 1 is 1.32 bits per heavy atom. The molecule has 0 saturated carbocycles. The highest BCUT2D eigenvalue weighted by Crippen LogP contribution is 2.26. The molecule has 1 aliphatic heterocycles. The van der Waals surface area contributed by atoms with Gasteiger partial charge >= 0.3 is 0 Å². The average Bonchev–Trinajstić information content (AvgIpc) is 3.05. The van der Waals surface area contributed by atoms with Crippen molar-refractivity contribution >= 4 is 5.91 Å². The maximum Gasteiger partial charge on any atom is 0.220 e. The zero-order valence-electron chi connectivity index (χ0n) is 13.3. The number of amides is 1. The summed E-state index contributed by atoms with van der Waals surface area (Å²) in [4.78, 5) is 11.8. The SMILES string of the molecule is CCOc1ccccc1OCCCC(=O)NCC1CCCN1. The van der Waals surface area contributed by atoms with Crippen LogP contribution >= 0.6 is 0 Å². The van der Waals surface area contributed by atoms with Crippen molar-refractivity contribution in [3.8, 4) is 11.5 Å². The molecular weight excluding hydrogens is 280 g/mol. The molecule has 1 aromatic rings. The van der Waals surface area contributed by atoms with Crippen LogP contribution in [-0.2, 0) is 4.79 Å². The molecule has 0 aromatic heterocycles. The molecule has 1 aromatic carbocycles. The molecule has 2 rings (SSSR count). The Balaban J connectivity index is 1.61. The Hall–Kier alpha value is -1.75. The van der Waals surface area contributed by atoms with Gasteiger partial charge in [-0.05, 0) is 44.9 Å². The lowest BCUT2D eigenvalue weighted by Gasteiger charge is -2.12. The summed E-state index contributed by atoms with van der Waals surface area (Å²) in [5, 5.41) is 6.34. The largest absolute Gasteiger partial charge is 0.490 e. The van der Waals surface area contributed by atoms with Crippen LogP contribution in [0.2, 0.25) is 0 Å². The van der Waals surface area contributed by atoms with E-state index in [9.17, 15) is 4.79 Å². The Morgan fingerprint density at radius 3 is 2.77 bits per heavy atom. The molecule has 22 heavy (non-hydrogen) atoms. The molecule has 1 fully saturated rings. The van der Waals surface area contributed by atoms with Crippen LogP contribution in [0.15, 0.2) is 24.3 Å². The lowest BCUT2D eigenvalue weighted by Crippen LogP contribution is -2.37. The maximum absolute atomic E-state index is 11.8. The number of nitrogens with one attached hydrogen (secondary N) is 2. The highest BCUT2D eigenvalue weighted by molar-refractivity contribution is 5.75. The number of carbonyl (C=O) groups is 1. The van der Waals surface area contributed by atoms with Gasteiger partial charge in [0.15, 0.2) is 11.5 Å². The third-order valence-electron chi connectivity index (χ3n) is 3.66. The van der Waals surface area contributed by atoms with E-state index < -0.39 is 0 Å². The standard InChI is InChI=1S/C17H26N2O3/c1-2-21-15-8-3-4-9-16(15)22-12-6-10-17(20)19-13-14-7-5-11-18-14/h3-4,8-9,14,18H,2,5-7,10-13H2,1H3,(H,19,20). The fourth-order valence-corrected chi connectivity index (χ4v) is 2.52. The second-order valence-corrected chi connectivity index (χ2v) is 5.43. The third kappa shape index (κ3) is 5.56. The van der Waals surface area contributed by atoms with Gasteiger partial charge in [0.2, 0.25) is 5.91 Å². The lowest BCUT2D eigenvalue weighted by atomic mass is 10.2. The number of ether oxygens (including phenoxy) is 2. The first-order chi connectivity index (χ1) is 10.8. The van der Waals surface area contributed by atoms with Crippen LogP contribution in [0.4, 0.5) is 0 Å². The molecule has 1 aliphatic rings.